The molecular weight excluding hydrogens is 310 g/mol. The number of amides is 1. The highest BCUT2D eigenvalue weighted by Gasteiger charge is 2.16. The maximum Gasteiger partial charge on any atom is 0.278 e. The van der Waals surface area contributed by atoms with Crippen molar-refractivity contribution in [2.45, 2.75) is 39.5 Å². The van der Waals surface area contributed by atoms with Crippen LogP contribution in [-0.4, -0.2) is 26.3 Å². The van der Waals surface area contributed by atoms with Crippen LogP contribution < -0.4 is 5.32 Å². The molecule has 0 atom stereocenters. The molecule has 2 aromatic heterocycles. The number of hydrogen-bond acceptors (Lipinski definition) is 5. The number of aromatic amines is 1. The monoisotopic (exact) mass is 329 g/mol. The Labute approximate surface area is 138 Å². The zero-order valence-corrected chi connectivity index (χ0v) is 14.0. The Morgan fingerprint density at radius 3 is 3.00 bits per heavy atom. The Morgan fingerprint density at radius 2 is 2.17 bits per heavy atom. The molecule has 2 N–H and O–H groups in total. The van der Waals surface area contributed by atoms with Crippen LogP contribution in [0.3, 0.4) is 0 Å². The van der Waals surface area contributed by atoms with Crippen molar-refractivity contribution in [3.05, 3.63) is 34.5 Å². The summed E-state index contributed by atoms with van der Waals surface area (Å²) in [5.74, 6) is -0.266. The maximum atomic E-state index is 12.4. The lowest BCUT2D eigenvalue weighted by Crippen LogP contribution is -2.12. The molecule has 7 heteroatoms. The first-order chi connectivity index (χ1) is 11.2. The number of anilines is 1. The molecule has 6 nitrogen and oxygen atoms in total. The number of carbonyl (C=O) groups excluding carboxylic acids is 1. The first-order valence-corrected chi connectivity index (χ1v) is 8.57. The van der Waals surface area contributed by atoms with Gasteiger partial charge in [0.05, 0.1) is 5.52 Å². The van der Waals surface area contributed by atoms with Crippen LogP contribution in [0.25, 0.3) is 10.9 Å². The number of rotatable bonds is 6. The number of carbonyl (C=O) groups is 1. The standard InChI is InChI=1S/C16H19N5OS/c1-3-4-5-6-13-19-21-16(23-13)17-15(22)14-11-9-10(2)7-8-12(11)18-20-14/h7-9H,3-6H2,1-2H3,(H,18,20)(H,17,21,22). The fraction of sp³-hybridized carbons (Fsp3) is 0.375. The fourth-order valence-electron chi connectivity index (χ4n) is 2.39. The SMILES string of the molecule is CCCCCc1nnc(NC(=O)c2n[nH]c3ccc(C)cc23)s1. The van der Waals surface area contributed by atoms with Crippen LogP contribution in [0.5, 0.6) is 0 Å². The molecule has 0 aliphatic rings. The number of benzene rings is 1. The second-order valence-corrected chi connectivity index (χ2v) is 6.60. The van der Waals surface area contributed by atoms with E-state index in [0.717, 1.165) is 34.3 Å². The summed E-state index contributed by atoms with van der Waals surface area (Å²) in [6, 6.07) is 5.85. The zero-order chi connectivity index (χ0) is 16.2. The highest BCUT2D eigenvalue weighted by molar-refractivity contribution is 7.15. The number of nitrogens with zero attached hydrogens (tertiary/aromatic N) is 3. The van der Waals surface area contributed by atoms with Crippen LogP contribution in [0, 0.1) is 6.92 Å². The average Bonchev–Trinajstić information content (AvgIpc) is 3.14. The van der Waals surface area contributed by atoms with E-state index in [1.54, 1.807) is 0 Å². The number of aryl methyl sites for hydroxylation is 2. The normalized spacial score (nSPS) is 11.0. The molecule has 0 saturated carbocycles. The van der Waals surface area contributed by atoms with E-state index >= 15 is 0 Å². The largest absolute Gasteiger partial charge is 0.295 e. The van der Waals surface area contributed by atoms with E-state index in [1.165, 1.54) is 24.2 Å². The van der Waals surface area contributed by atoms with Gasteiger partial charge in [0, 0.05) is 11.8 Å². The number of fused-ring (bicyclic) bond motifs is 1. The van der Waals surface area contributed by atoms with Crippen molar-refractivity contribution in [2.24, 2.45) is 0 Å². The summed E-state index contributed by atoms with van der Waals surface area (Å²) in [5, 5.41) is 20.2. The number of H-pyrrole nitrogens is 1. The maximum absolute atomic E-state index is 12.4. The topological polar surface area (TPSA) is 83.6 Å². The predicted octanol–water partition coefficient (Wildman–Crippen LogP) is 3.71. The third-order valence-corrected chi connectivity index (χ3v) is 4.51. The smallest absolute Gasteiger partial charge is 0.278 e. The predicted molar refractivity (Wildman–Crippen MR) is 91.9 cm³/mol. The van der Waals surface area contributed by atoms with Gasteiger partial charge in [-0.05, 0) is 25.5 Å². The van der Waals surface area contributed by atoms with Crippen LogP contribution in [-0.2, 0) is 6.42 Å². The van der Waals surface area contributed by atoms with Gasteiger partial charge in [0.25, 0.3) is 5.91 Å². The summed E-state index contributed by atoms with van der Waals surface area (Å²) in [6.45, 7) is 4.16. The average molecular weight is 329 g/mol. The number of nitrogens with one attached hydrogen (secondary N) is 2. The summed E-state index contributed by atoms with van der Waals surface area (Å²) < 4.78 is 0. The van der Waals surface area contributed by atoms with Crippen LogP contribution in [0.15, 0.2) is 18.2 Å². The Kier molecular flexibility index (Phi) is 4.66. The van der Waals surface area contributed by atoms with E-state index < -0.39 is 0 Å². The summed E-state index contributed by atoms with van der Waals surface area (Å²) in [5.41, 5.74) is 2.31. The Bertz CT molecular complexity index is 823. The highest BCUT2D eigenvalue weighted by atomic mass is 32.1. The van der Waals surface area contributed by atoms with Gasteiger partial charge in [-0.1, -0.05) is 42.7 Å². The minimum absolute atomic E-state index is 0.266. The molecule has 120 valence electrons. The molecule has 0 unspecified atom stereocenters. The molecule has 2 heterocycles. The molecule has 1 amide bonds. The highest BCUT2D eigenvalue weighted by Crippen LogP contribution is 2.21. The molecule has 0 bridgehead atoms. The minimum Gasteiger partial charge on any atom is -0.295 e. The van der Waals surface area contributed by atoms with Crippen molar-refractivity contribution in [1.29, 1.82) is 0 Å². The first-order valence-electron chi connectivity index (χ1n) is 7.76. The van der Waals surface area contributed by atoms with Crippen LogP contribution >= 0.6 is 11.3 Å². The lowest BCUT2D eigenvalue weighted by Gasteiger charge is -1.98. The number of unbranched alkanes of at least 4 members (excludes halogenated alkanes) is 2. The van der Waals surface area contributed by atoms with Gasteiger partial charge in [-0.25, -0.2) is 0 Å². The molecule has 0 aliphatic carbocycles. The lowest BCUT2D eigenvalue weighted by atomic mass is 10.1. The quantitative estimate of drug-likeness (QED) is 0.675. The van der Waals surface area contributed by atoms with Gasteiger partial charge in [-0.3, -0.25) is 15.2 Å². The second kappa shape index (κ2) is 6.87. The first kappa shape index (κ1) is 15.6. The Balaban J connectivity index is 1.72. The molecule has 3 rings (SSSR count). The van der Waals surface area contributed by atoms with Gasteiger partial charge in [-0.2, -0.15) is 5.10 Å². The van der Waals surface area contributed by atoms with Gasteiger partial charge in [0.1, 0.15) is 5.01 Å². The summed E-state index contributed by atoms with van der Waals surface area (Å²) >= 11 is 1.43. The van der Waals surface area contributed by atoms with E-state index in [-0.39, 0.29) is 5.91 Å². The lowest BCUT2D eigenvalue weighted by molar-refractivity contribution is 0.102. The van der Waals surface area contributed by atoms with Crippen molar-refractivity contribution >= 4 is 33.3 Å². The minimum atomic E-state index is -0.266. The van der Waals surface area contributed by atoms with Crippen LogP contribution in [0.2, 0.25) is 0 Å². The molecule has 0 aliphatic heterocycles. The Hall–Kier alpha value is -2.28. The molecule has 0 spiro atoms. The van der Waals surface area contributed by atoms with Crippen molar-refractivity contribution in [3.63, 3.8) is 0 Å². The summed E-state index contributed by atoms with van der Waals surface area (Å²) in [6.07, 6.45) is 4.36. The molecule has 1 aromatic carbocycles. The van der Waals surface area contributed by atoms with Crippen LogP contribution in [0.4, 0.5) is 5.13 Å². The molecule has 23 heavy (non-hydrogen) atoms. The van der Waals surface area contributed by atoms with Crippen molar-refractivity contribution in [2.75, 3.05) is 5.32 Å². The molecule has 0 fully saturated rings. The zero-order valence-electron chi connectivity index (χ0n) is 13.2. The number of aromatic nitrogens is 4. The Morgan fingerprint density at radius 1 is 1.30 bits per heavy atom. The summed E-state index contributed by atoms with van der Waals surface area (Å²) in [4.78, 5) is 12.4. The van der Waals surface area contributed by atoms with Gasteiger partial charge in [0.15, 0.2) is 5.69 Å². The van der Waals surface area contributed by atoms with Crippen molar-refractivity contribution in [3.8, 4) is 0 Å². The second-order valence-electron chi connectivity index (χ2n) is 5.53. The van der Waals surface area contributed by atoms with E-state index in [1.807, 2.05) is 25.1 Å². The van der Waals surface area contributed by atoms with E-state index in [0.29, 0.717) is 10.8 Å². The third kappa shape index (κ3) is 3.56. The van der Waals surface area contributed by atoms with Gasteiger partial charge in [-0.15, -0.1) is 10.2 Å². The fourth-order valence-corrected chi connectivity index (χ4v) is 3.17. The van der Waals surface area contributed by atoms with E-state index in [4.69, 9.17) is 0 Å². The van der Waals surface area contributed by atoms with E-state index in [2.05, 4.69) is 32.6 Å². The molecular formula is C16H19N5OS. The third-order valence-electron chi connectivity index (χ3n) is 3.61. The summed E-state index contributed by atoms with van der Waals surface area (Å²) in [7, 11) is 0. The van der Waals surface area contributed by atoms with Gasteiger partial charge < -0.3 is 0 Å². The van der Waals surface area contributed by atoms with E-state index in [9.17, 15) is 4.79 Å². The van der Waals surface area contributed by atoms with Crippen LogP contribution in [0.1, 0.15) is 47.2 Å². The number of hydrogen-bond donors (Lipinski definition) is 2. The van der Waals surface area contributed by atoms with Gasteiger partial charge in [0.2, 0.25) is 5.13 Å². The molecule has 3 aromatic rings. The van der Waals surface area contributed by atoms with Gasteiger partial charge >= 0.3 is 0 Å². The van der Waals surface area contributed by atoms with Crippen molar-refractivity contribution < 1.29 is 4.79 Å². The molecule has 0 saturated heterocycles. The van der Waals surface area contributed by atoms with Crippen molar-refractivity contribution in [1.82, 2.24) is 20.4 Å². The molecule has 0 radical (unpaired) electrons.